The van der Waals surface area contributed by atoms with E-state index in [-0.39, 0.29) is 5.15 Å². The first-order valence-corrected chi connectivity index (χ1v) is 3.60. The van der Waals surface area contributed by atoms with Crippen LogP contribution in [0.4, 0.5) is 5.69 Å². The number of hydrogen-bond donors (Lipinski definition) is 1. The fraction of sp³-hybridized carbons (Fsp3) is 0.286. The average molecular weight is 189 g/mol. The molecule has 0 bridgehead atoms. The molecule has 66 valence electrons. The van der Waals surface area contributed by atoms with Gasteiger partial charge in [0.1, 0.15) is 11.4 Å². The van der Waals surface area contributed by atoms with Crippen molar-refractivity contribution in [2.45, 2.75) is 0 Å². The van der Waals surface area contributed by atoms with Crippen LogP contribution in [-0.4, -0.2) is 19.2 Å². The van der Waals surface area contributed by atoms with E-state index in [9.17, 15) is 0 Å². The predicted molar refractivity (Wildman–Crippen MR) is 46.8 cm³/mol. The molecule has 2 N–H and O–H groups in total. The van der Waals surface area contributed by atoms with Gasteiger partial charge in [0.15, 0.2) is 5.15 Å². The molecule has 0 aliphatic heterocycles. The minimum absolute atomic E-state index is 0.186. The number of pyridine rings is 1. The first-order chi connectivity index (χ1) is 5.69. The van der Waals surface area contributed by atoms with Gasteiger partial charge in [-0.2, -0.15) is 4.98 Å². The molecule has 0 radical (unpaired) electrons. The SMILES string of the molecule is COc1cc(OC)c(N)c(Cl)n1. The Hall–Kier alpha value is -1.16. The number of methoxy groups -OCH3 is 2. The van der Waals surface area contributed by atoms with E-state index >= 15 is 0 Å². The topological polar surface area (TPSA) is 57.4 Å². The molecule has 1 rings (SSSR count). The zero-order valence-electron chi connectivity index (χ0n) is 6.80. The van der Waals surface area contributed by atoms with E-state index in [0.717, 1.165) is 0 Å². The molecule has 1 aromatic rings. The number of hydrogen-bond acceptors (Lipinski definition) is 4. The fourth-order valence-corrected chi connectivity index (χ4v) is 0.931. The monoisotopic (exact) mass is 188 g/mol. The van der Waals surface area contributed by atoms with E-state index in [2.05, 4.69) is 4.98 Å². The Morgan fingerprint density at radius 2 is 2.08 bits per heavy atom. The third kappa shape index (κ3) is 1.53. The molecule has 4 nitrogen and oxygen atoms in total. The summed E-state index contributed by atoms with van der Waals surface area (Å²) in [6.07, 6.45) is 0. The summed E-state index contributed by atoms with van der Waals surface area (Å²) in [5, 5.41) is 0.186. The summed E-state index contributed by atoms with van der Waals surface area (Å²) < 4.78 is 9.80. The number of ether oxygens (including phenoxy) is 2. The highest BCUT2D eigenvalue weighted by Crippen LogP contribution is 2.30. The standard InChI is InChI=1S/C7H9ClN2O2/c1-11-4-3-5(12-2)10-7(8)6(4)9/h3H,9H2,1-2H3. The Labute approximate surface area is 75.3 Å². The van der Waals surface area contributed by atoms with Gasteiger partial charge in [0.2, 0.25) is 5.88 Å². The molecule has 0 aliphatic carbocycles. The smallest absolute Gasteiger partial charge is 0.218 e. The van der Waals surface area contributed by atoms with E-state index in [0.29, 0.717) is 17.3 Å². The van der Waals surface area contributed by atoms with Gasteiger partial charge in [-0.25, -0.2) is 0 Å². The number of aromatic nitrogens is 1. The van der Waals surface area contributed by atoms with E-state index < -0.39 is 0 Å². The normalized spacial score (nSPS) is 9.58. The van der Waals surface area contributed by atoms with Crippen LogP contribution >= 0.6 is 11.6 Å². The van der Waals surface area contributed by atoms with Gasteiger partial charge in [-0.05, 0) is 0 Å². The summed E-state index contributed by atoms with van der Waals surface area (Å²) in [5.41, 5.74) is 5.86. The largest absolute Gasteiger partial charge is 0.494 e. The van der Waals surface area contributed by atoms with Crippen molar-refractivity contribution < 1.29 is 9.47 Å². The molecular weight excluding hydrogens is 180 g/mol. The minimum Gasteiger partial charge on any atom is -0.494 e. The zero-order valence-corrected chi connectivity index (χ0v) is 7.55. The predicted octanol–water partition coefficient (Wildman–Crippen LogP) is 1.33. The van der Waals surface area contributed by atoms with Gasteiger partial charge in [0.25, 0.3) is 0 Å². The van der Waals surface area contributed by atoms with Crippen molar-refractivity contribution in [1.29, 1.82) is 0 Å². The van der Waals surface area contributed by atoms with Crippen molar-refractivity contribution >= 4 is 17.3 Å². The molecule has 0 aromatic carbocycles. The Morgan fingerprint density at radius 3 is 2.58 bits per heavy atom. The number of nitrogens with two attached hydrogens (primary N) is 1. The fourth-order valence-electron chi connectivity index (χ4n) is 0.754. The Kier molecular flexibility index (Phi) is 2.60. The molecule has 0 aliphatic rings. The van der Waals surface area contributed by atoms with Crippen molar-refractivity contribution in [3.8, 4) is 11.6 Å². The second-order valence-corrected chi connectivity index (χ2v) is 2.43. The first kappa shape index (κ1) is 8.93. The number of nitrogens with zero attached hydrogens (tertiary/aromatic N) is 1. The minimum atomic E-state index is 0.186. The maximum atomic E-state index is 5.68. The lowest BCUT2D eigenvalue weighted by Crippen LogP contribution is -1.97. The van der Waals surface area contributed by atoms with Crippen LogP contribution in [-0.2, 0) is 0 Å². The summed E-state index contributed by atoms with van der Waals surface area (Å²) in [6, 6.07) is 1.57. The zero-order chi connectivity index (χ0) is 9.14. The number of nitrogen functional groups attached to an aromatic ring is 1. The lowest BCUT2D eigenvalue weighted by atomic mass is 10.4. The van der Waals surface area contributed by atoms with E-state index in [1.54, 1.807) is 6.07 Å². The molecule has 12 heavy (non-hydrogen) atoms. The molecular formula is C7H9ClN2O2. The lowest BCUT2D eigenvalue weighted by Gasteiger charge is -2.06. The molecule has 1 aromatic heterocycles. The van der Waals surface area contributed by atoms with Gasteiger partial charge in [-0.3, -0.25) is 0 Å². The van der Waals surface area contributed by atoms with Crippen LogP contribution < -0.4 is 15.2 Å². The van der Waals surface area contributed by atoms with Gasteiger partial charge >= 0.3 is 0 Å². The third-order valence-corrected chi connectivity index (χ3v) is 1.67. The van der Waals surface area contributed by atoms with E-state index in [4.69, 9.17) is 26.8 Å². The second-order valence-electron chi connectivity index (χ2n) is 2.07. The van der Waals surface area contributed by atoms with E-state index in [1.807, 2.05) is 0 Å². The summed E-state index contributed by atoms with van der Waals surface area (Å²) >= 11 is 5.68. The highest BCUT2D eigenvalue weighted by molar-refractivity contribution is 6.32. The highest BCUT2D eigenvalue weighted by Gasteiger charge is 2.08. The summed E-state index contributed by atoms with van der Waals surface area (Å²) in [6.45, 7) is 0. The van der Waals surface area contributed by atoms with Gasteiger partial charge in [-0.15, -0.1) is 0 Å². The van der Waals surface area contributed by atoms with Crippen molar-refractivity contribution in [1.82, 2.24) is 4.98 Å². The molecule has 0 unspecified atom stereocenters. The summed E-state index contributed by atoms with van der Waals surface area (Å²) in [7, 11) is 3.00. The number of anilines is 1. The van der Waals surface area contributed by atoms with E-state index in [1.165, 1.54) is 14.2 Å². The molecule has 1 heterocycles. The van der Waals surface area contributed by atoms with Crippen molar-refractivity contribution in [3.63, 3.8) is 0 Å². The number of halogens is 1. The Morgan fingerprint density at radius 1 is 1.42 bits per heavy atom. The van der Waals surface area contributed by atoms with Gasteiger partial charge in [0, 0.05) is 6.07 Å². The van der Waals surface area contributed by atoms with Crippen LogP contribution in [0.1, 0.15) is 0 Å². The van der Waals surface area contributed by atoms with Crippen LogP contribution in [0, 0.1) is 0 Å². The second kappa shape index (κ2) is 3.49. The van der Waals surface area contributed by atoms with Gasteiger partial charge in [-0.1, -0.05) is 11.6 Å². The summed E-state index contributed by atoms with van der Waals surface area (Å²) in [5.74, 6) is 0.845. The van der Waals surface area contributed by atoms with Gasteiger partial charge in [0.05, 0.1) is 14.2 Å². The van der Waals surface area contributed by atoms with Crippen LogP contribution in [0.3, 0.4) is 0 Å². The Bertz CT molecular complexity index is 291. The Balaban J connectivity index is 3.19. The molecule has 5 heteroatoms. The lowest BCUT2D eigenvalue weighted by molar-refractivity contribution is 0.383. The number of rotatable bonds is 2. The molecule has 0 saturated carbocycles. The maximum absolute atomic E-state index is 5.68. The van der Waals surface area contributed by atoms with Crippen LogP contribution in [0.15, 0.2) is 6.07 Å². The molecule has 0 amide bonds. The molecule has 0 atom stereocenters. The molecule has 0 spiro atoms. The van der Waals surface area contributed by atoms with Crippen LogP contribution in [0.2, 0.25) is 5.15 Å². The molecule has 0 saturated heterocycles. The van der Waals surface area contributed by atoms with Crippen molar-refractivity contribution in [3.05, 3.63) is 11.2 Å². The summed E-state index contributed by atoms with van der Waals surface area (Å²) in [4.78, 5) is 3.84. The quantitative estimate of drug-likeness (QED) is 0.712. The van der Waals surface area contributed by atoms with Crippen LogP contribution in [0.25, 0.3) is 0 Å². The highest BCUT2D eigenvalue weighted by atomic mass is 35.5. The maximum Gasteiger partial charge on any atom is 0.218 e. The van der Waals surface area contributed by atoms with Gasteiger partial charge < -0.3 is 15.2 Å². The van der Waals surface area contributed by atoms with Crippen molar-refractivity contribution in [2.24, 2.45) is 0 Å². The first-order valence-electron chi connectivity index (χ1n) is 3.23. The molecule has 0 fully saturated rings. The average Bonchev–Trinajstić information content (AvgIpc) is 2.09. The van der Waals surface area contributed by atoms with Crippen LogP contribution in [0.5, 0.6) is 11.6 Å². The van der Waals surface area contributed by atoms with Crippen molar-refractivity contribution in [2.75, 3.05) is 20.0 Å². The third-order valence-electron chi connectivity index (χ3n) is 1.38.